The minimum absolute atomic E-state index is 0.0139. The molecule has 0 spiro atoms. The SMILES string of the molecule is CC1=CC(Nc2ccc(C#N)c(C3CCC(C(=O)NC(C)c4ccc(-n5cc(F)cn5)nc4)CC3)n2)NN1. The highest BCUT2D eigenvalue weighted by atomic mass is 19.1. The molecule has 4 heterocycles. The lowest BCUT2D eigenvalue weighted by Crippen LogP contribution is -2.37. The summed E-state index contributed by atoms with van der Waals surface area (Å²) in [6, 6.07) is 9.29. The average Bonchev–Trinajstić information content (AvgIpc) is 3.56. The molecule has 11 heteroatoms. The molecule has 38 heavy (non-hydrogen) atoms. The van der Waals surface area contributed by atoms with Crippen molar-refractivity contribution in [2.75, 3.05) is 5.32 Å². The standard InChI is InChI=1S/C27H30FN9O/c1-16-11-24(36-35-16)33-23-9-7-20(12-29)26(34-23)18-3-5-19(6-4-18)27(38)32-17(2)21-8-10-25(30-13-21)37-15-22(28)14-31-37/h7-11,13-15,17-19,24,35-36H,3-6H2,1-2H3,(H,32,38)(H,33,34). The topological polar surface area (TPSA) is 133 Å². The first-order chi connectivity index (χ1) is 18.4. The van der Waals surface area contributed by atoms with E-state index in [2.05, 4.69) is 37.6 Å². The molecule has 2 atom stereocenters. The molecule has 3 aromatic rings. The van der Waals surface area contributed by atoms with Crippen LogP contribution in [-0.2, 0) is 4.79 Å². The molecule has 1 amide bonds. The number of amides is 1. The Balaban J connectivity index is 1.17. The number of halogens is 1. The van der Waals surface area contributed by atoms with E-state index >= 15 is 0 Å². The lowest BCUT2D eigenvalue weighted by molar-refractivity contribution is -0.126. The van der Waals surface area contributed by atoms with Crippen LogP contribution in [0.3, 0.4) is 0 Å². The van der Waals surface area contributed by atoms with Gasteiger partial charge in [-0.1, -0.05) is 6.07 Å². The third-order valence-electron chi connectivity index (χ3n) is 7.09. The van der Waals surface area contributed by atoms with E-state index in [1.165, 1.54) is 10.9 Å². The van der Waals surface area contributed by atoms with E-state index in [0.717, 1.165) is 48.8 Å². The second-order valence-electron chi connectivity index (χ2n) is 9.81. The molecular weight excluding hydrogens is 485 g/mol. The third-order valence-corrected chi connectivity index (χ3v) is 7.09. The summed E-state index contributed by atoms with van der Waals surface area (Å²) < 4.78 is 14.6. The maximum absolute atomic E-state index is 13.2. The third kappa shape index (κ3) is 5.65. The van der Waals surface area contributed by atoms with Crippen LogP contribution in [0.2, 0.25) is 0 Å². The fourth-order valence-corrected chi connectivity index (χ4v) is 4.98. The first-order valence-electron chi connectivity index (χ1n) is 12.7. The van der Waals surface area contributed by atoms with Crippen molar-refractivity contribution in [2.24, 2.45) is 5.92 Å². The van der Waals surface area contributed by atoms with Crippen LogP contribution in [0, 0.1) is 23.1 Å². The summed E-state index contributed by atoms with van der Waals surface area (Å²) in [5.74, 6) is 0.823. The van der Waals surface area contributed by atoms with Crippen LogP contribution in [-0.4, -0.2) is 31.8 Å². The number of carbonyl (C=O) groups is 1. The molecule has 0 radical (unpaired) electrons. The number of anilines is 1. The molecule has 196 valence electrons. The Kier molecular flexibility index (Phi) is 7.33. The van der Waals surface area contributed by atoms with E-state index in [1.807, 2.05) is 38.1 Å². The number of aromatic nitrogens is 4. The normalized spacial score (nSPS) is 21.6. The van der Waals surface area contributed by atoms with E-state index < -0.39 is 5.82 Å². The van der Waals surface area contributed by atoms with Crippen molar-refractivity contribution in [1.82, 2.24) is 35.9 Å². The highest BCUT2D eigenvalue weighted by molar-refractivity contribution is 5.79. The Morgan fingerprint density at radius 3 is 2.66 bits per heavy atom. The number of pyridine rings is 2. The molecule has 1 aliphatic carbocycles. The quantitative estimate of drug-likeness (QED) is 0.375. The summed E-state index contributed by atoms with van der Waals surface area (Å²) >= 11 is 0. The molecule has 3 aromatic heterocycles. The van der Waals surface area contributed by atoms with Crippen molar-refractivity contribution in [3.63, 3.8) is 0 Å². The summed E-state index contributed by atoms with van der Waals surface area (Å²) in [6.45, 7) is 3.89. The van der Waals surface area contributed by atoms with Gasteiger partial charge in [0.15, 0.2) is 11.6 Å². The van der Waals surface area contributed by atoms with Gasteiger partial charge in [0.1, 0.15) is 18.1 Å². The van der Waals surface area contributed by atoms with Gasteiger partial charge in [-0.25, -0.2) is 24.5 Å². The number of nitriles is 1. The van der Waals surface area contributed by atoms with Gasteiger partial charge in [-0.2, -0.15) is 10.4 Å². The first kappa shape index (κ1) is 25.4. The number of nitrogens with zero attached hydrogens (tertiary/aromatic N) is 5. The fourth-order valence-electron chi connectivity index (χ4n) is 4.98. The monoisotopic (exact) mass is 515 g/mol. The van der Waals surface area contributed by atoms with Crippen molar-refractivity contribution < 1.29 is 9.18 Å². The van der Waals surface area contributed by atoms with Crippen molar-refractivity contribution in [1.29, 1.82) is 5.26 Å². The van der Waals surface area contributed by atoms with E-state index in [4.69, 9.17) is 4.98 Å². The maximum atomic E-state index is 13.2. The Hall–Kier alpha value is -4.30. The van der Waals surface area contributed by atoms with Crippen LogP contribution in [0.25, 0.3) is 5.82 Å². The Morgan fingerprint density at radius 2 is 2.03 bits per heavy atom. The average molecular weight is 516 g/mol. The van der Waals surface area contributed by atoms with Gasteiger partial charge in [0.2, 0.25) is 5.91 Å². The zero-order chi connectivity index (χ0) is 26.6. The van der Waals surface area contributed by atoms with Crippen LogP contribution in [0.5, 0.6) is 0 Å². The fraction of sp³-hybridized carbons (Fsp3) is 0.370. The number of hydrogen-bond donors (Lipinski definition) is 4. The zero-order valence-corrected chi connectivity index (χ0v) is 21.3. The van der Waals surface area contributed by atoms with Crippen LogP contribution in [0.4, 0.5) is 10.2 Å². The van der Waals surface area contributed by atoms with Crippen molar-refractivity contribution >= 4 is 11.7 Å². The van der Waals surface area contributed by atoms with Gasteiger partial charge in [0, 0.05) is 23.7 Å². The van der Waals surface area contributed by atoms with Gasteiger partial charge in [-0.15, -0.1) is 0 Å². The minimum atomic E-state index is -0.429. The molecule has 1 saturated carbocycles. The van der Waals surface area contributed by atoms with Crippen LogP contribution in [0.15, 0.2) is 54.6 Å². The highest BCUT2D eigenvalue weighted by Crippen LogP contribution is 2.37. The van der Waals surface area contributed by atoms with Gasteiger partial charge >= 0.3 is 0 Å². The lowest BCUT2D eigenvalue weighted by atomic mass is 9.79. The first-order valence-corrected chi connectivity index (χ1v) is 12.7. The summed E-state index contributed by atoms with van der Waals surface area (Å²) in [4.78, 5) is 22.1. The van der Waals surface area contributed by atoms with Crippen molar-refractivity contribution in [3.05, 3.63) is 77.3 Å². The van der Waals surface area contributed by atoms with Crippen LogP contribution >= 0.6 is 0 Å². The number of carbonyl (C=O) groups excluding carboxylic acids is 1. The largest absolute Gasteiger partial charge is 0.350 e. The van der Waals surface area contributed by atoms with Crippen LogP contribution in [0.1, 0.15) is 68.3 Å². The molecule has 10 nitrogen and oxygen atoms in total. The second kappa shape index (κ2) is 11.0. The molecule has 5 rings (SSSR count). The van der Waals surface area contributed by atoms with E-state index in [9.17, 15) is 14.4 Å². The van der Waals surface area contributed by atoms with Crippen molar-refractivity contribution in [2.45, 2.75) is 57.7 Å². The Labute approximate surface area is 220 Å². The Bertz CT molecular complexity index is 1370. The summed E-state index contributed by atoms with van der Waals surface area (Å²) in [6.07, 6.45) is 9.03. The predicted molar refractivity (Wildman–Crippen MR) is 139 cm³/mol. The molecule has 0 aromatic carbocycles. The van der Waals surface area contributed by atoms with E-state index in [0.29, 0.717) is 17.2 Å². The van der Waals surface area contributed by atoms with Gasteiger partial charge in [0.25, 0.3) is 0 Å². The molecule has 1 aliphatic heterocycles. The number of rotatable bonds is 7. The second-order valence-corrected chi connectivity index (χ2v) is 9.81. The maximum Gasteiger partial charge on any atom is 0.223 e. The number of nitrogens with one attached hydrogen (secondary N) is 4. The molecule has 2 aliphatic rings. The summed E-state index contributed by atoms with van der Waals surface area (Å²) in [5, 5.41) is 20.0. The smallest absolute Gasteiger partial charge is 0.223 e. The molecular formula is C27H30FN9O. The van der Waals surface area contributed by atoms with E-state index in [-0.39, 0.29) is 30.0 Å². The highest BCUT2D eigenvalue weighted by Gasteiger charge is 2.30. The van der Waals surface area contributed by atoms with Gasteiger partial charge in [0.05, 0.1) is 29.7 Å². The molecule has 1 fully saturated rings. The van der Waals surface area contributed by atoms with Gasteiger partial charge in [-0.3, -0.25) is 4.79 Å². The lowest BCUT2D eigenvalue weighted by Gasteiger charge is -2.29. The molecule has 4 N–H and O–H groups in total. The number of allylic oxidation sites excluding steroid dienone is 1. The molecule has 0 bridgehead atoms. The van der Waals surface area contributed by atoms with Gasteiger partial charge in [-0.05, 0) is 69.4 Å². The molecule has 0 saturated heterocycles. The van der Waals surface area contributed by atoms with Gasteiger partial charge < -0.3 is 16.1 Å². The molecule has 2 unspecified atom stereocenters. The minimum Gasteiger partial charge on any atom is -0.350 e. The Morgan fingerprint density at radius 1 is 1.21 bits per heavy atom. The number of hydrogen-bond acceptors (Lipinski definition) is 8. The van der Waals surface area contributed by atoms with Crippen molar-refractivity contribution in [3.8, 4) is 11.9 Å². The predicted octanol–water partition coefficient (Wildman–Crippen LogP) is 3.57. The summed E-state index contributed by atoms with van der Waals surface area (Å²) in [7, 11) is 0. The zero-order valence-electron chi connectivity index (χ0n) is 21.3. The summed E-state index contributed by atoms with van der Waals surface area (Å²) in [5.41, 5.74) is 9.42. The van der Waals surface area contributed by atoms with Crippen LogP contribution < -0.4 is 21.5 Å². The van der Waals surface area contributed by atoms with E-state index in [1.54, 1.807) is 12.3 Å². The number of hydrazine groups is 1.